The molecule has 0 aliphatic heterocycles. The van der Waals surface area contributed by atoms with Crippen molar-refractivity contribution in [3.63, 3.8) is 0 Å². The summed E-state index contributed by atoms with van der Waals surface area (Å²) in [6, 6.07) is 3.85. The lowest BCUT2D eigenvalue weighted by molar-refractivity contribution is 0.169. The van der Waals surface area contributed by atoms with Gasteiger partial charge in [0.05, 0.1) is 27.9 Å². The lowest BCUT2D eigenvalue weighted by atomic mass is 10.2. The van der Waals surface area contributed by atoms with E-state index in [0.29, 0.717) is 42.3 Å². The molecule has 0 radical (unpaired) electrons. The highest BCUT2D eigenvalue weighted by Crippen LogP contribution is 2.40. The standard InChI is InChI=1S/C15H25NO5/c1-11(10-17-2)16-6-7-21-12-8-13(18-3)15(20-5)14(9-12)19-4/h8-9,11,16H,6-7,10H2,1-5H3. The van der Waals surface area contributed by atoms with Gasteiger partial charge in [-0.1, -0.05) is 0 Å². The van der Waals surface area contributed by atoms with E-state index in [1.807, 2.05) is 0 Å². The summed E-state index contributed by atoms with van der Waals surface area (Å²) in [6.45, 7) is 3.99. The maximum atomic E-state index is 5.70. The predicted octanol–water partition coefficient (Wildman–Crippen LogP) is 1.72. The average molecular weight is 299 g/mol. The highest BCUT2D eigenvalue weighted by Gasteiger charge is 2.13. The fourth-order valence-corrected chi connectivity index (χ4v) is 1.92. The first-order valence-corrected chi connectivity index (χ1v) is 6.81. The maximum Gasteiger partial charge on any atom is 0.203 e. The first-order chi connectivity index (χ1) is 10.2. The van der Waals surface area contributed by atoms with Crippen LogP contribution in [0.4, 0.5) is 0 Å². The van der Waals surface area contributed by atoms with Gasteiger partial charge in [-0.3, -0.25) is 0 Å². The van der Waals surface area contributed by atoms with Crippen LogP contribution in [0.3, 0.4) is 0 Å². The zero-order chi connectivity index (χ0) is 15.7. The second kappa shape index (κ2) is 9.31. The molecule has 6 heteroatoms. The van der Waals surface area contributed by atoms with E-state index in [-0.39, 0.29) is 0 Å². The van der Waals surface area contributed by atoms with Crippen LogP contribution in [0.15, 0.2) is 12.1 Å². The Morgan fingerprint density at radius 3 is 2.10 bits per heavy atom. The largest absolute Gasteiger partial charge is 0.493 e. The topological polar surface area (TPSA) is 58.2 Å². The molecule has 0 bridgehead atoms. The molecule has 0 fully saturated rings. The van der Waals surface area contributed by atoms with Gasteiger partial charge in [-0.25, -0.2) is 0 Å². The molecule has 0 saturated heterocycles. The van der Waals surface area contributed by atoms with E-state index < -0.39 is 0 Å². The second-order valence-corrected chi connectivity index (χ2v) is 4.52. The number of nitrogens with one attached hydrogen (secondary N) is 1. The summed E-state index contributed by atoms with van der Waals surface area (Å²) < 4.78 is 26.6. The van der Waals surface area contributed by atoms with Crippen LogP contribution < -0.4 is 24.3 Å². The average Bonchev–Trinajstić information content (AvgIpc) is 2.50. The van der Waals surface area contributed by atoms with Gasteiger partial charge in [0, 0.05) is 31.8 Å². The summed E-state index contributed by atoms with van der Waals surface area (Å²) >= 11 is 0. The molecule has 1 rings (SSSR count). The van der Waals surface area contributed by atoms with Crippen LogP contribution in [0.1, 0.15) is 6.92 Å². The molecule has 1 unspecified atom stereocenters. The minimum atomic E-state index is 0.290. The number of hydrogen-bond acceptors (Lipinski definition) is 6. The fourth-order valence-electron chi connectivity index (χ4n) is 1.92. The number of ether oxygens (including phenoxy) is 5. The van der Waals surface area contributed by atoms with E-state index in [9.17, 15) is 0 Å². The maximum absolute atomic E-state index is 5.70. The van der Waals surface area contributed by atoms with Crippen molar-refractivity contribution in [2.75, 3.05) is 48.2 Å². The van der Waals surface area contributed by atoms with Crippen molar-refractivity contribution in [1.82, 2.24) is 5.32 Å². The number of hydrogen-bond donors (Lipinski definition) is 1. The van der Waals surface area contributed by atoms with Crippen molar-refractivity contribution in [1.29, 1.82) is 0 Å². The quantitative estimate of drug-likeness (QED) is 0.664. The molecule has 1 N–H and O–H groups in total. The fraction of sp³-hybridized carbons (Fsp3) is 0.600. The zero-order valence-corrected chi connectivity index (χ0v) is 13.4. The van der Waals surface area contributed by atoms with Gasteiger partial charge >= 0.3 is 0 Å². The monoisotopic (exact) mass is 299 g/mol. The Balaban J connectivity index is 2.59. The first-order valence-electron chi connectivity index (χ1n) is 6.81. The Kier molecular flexibility index (Phi) is 7.71. The van der Waals surface area contributed by atoms with Gasteiger partial charge < -0.3 is 29.0 Å². The molecular formula is C15H25NO5. The minimum Gasteiger partial charge on any atom is -0.493 e. The van der Waals surface area contributed by atoms with Gasteiger partial charge in [0.2, 0.25) is 5.75 Å². The van der Waals surface area contributed by atoms with E-state index in [0.717, 1.165) is 6.54 Å². The first kappa shape index (κ1) is 17.4. The normalized spacial score (nSPS) is 11.9. The van der Waals surface area contributed by atoms with Crippen LogP contribution in [0, 0.1) is 0 Å². The molecular weight excluding hydrogens is 274 g/mol. The highest BCUT2D eigenvalue weighted by atomic mass is 16.5. The van der Waals surface area contributed by atoms with Crippen molar-refractivity contribution >= 4 is 0 Å². The number of methoxy groups -OCH3 is 4. The molecule has 120 valence electrons. The summed E-state index contributed by atoms with van der Waals surface area (Å²) in [7, 11) is 6.41. The van der Waals surface area contributed by atoms with Crippen LogP contribution in [0.2, 0.25) is 0 Å². The van der Waals surface area contributed by atoms with E-state index in [1.165, 1.54) is 0 Å². The van der Waals surface area contributed by atoms with Crippen LogP contribution in [-0.4, -0.2) is 54.2 Å². The van der Waals surface area contributed by atoms with E-state index in [4.69, 9.17) is 23.7 Å². The Morgan fingerprint density at radius 2 is 1.62 bits per heavy atom. The molecule has 0 aliphatic rings. The van der Waals surface area contributed by atoms with Crippen LogP contribution >= 0.6 is 0 Å². The summed E-state index contributed by atoms with van der Waals surface area (Å²) in [5.74, 6) is 2.38. The van der Waals surface area contributed by atoms with Gasteiger partial charge in [-0.15, -0.1) is 0 Å². The molecule has 1 atom stereocenters. The molecule has 0 aliphatic carbocycles. The Bertz CT molecular complexity index is 400. The predicted molar refractivity (Wildman–Crippen MR) is 80.9 cm³/mol. The van der Waals surface area contributed by atoms with E-state index in [2.05, 4.69) is 12.2 Å². The summed E-state index contributed by atoms with van der Waals surface area (Å²) in [4.78, 5) is 0. The molecule has 6 nitrogen and oxygen atoms in total. The highest BCUT2D eigenvalue weighted by molar-refractivity contribution is 5.55. The molecule has 0 saturated carbocycles. The lowest BCUT2D eigenvalue weighted by Gasteiger charge is -2.16. The number of benzene rings is 1. The van der Waals surface area contributed by atoms with Crippen LogP contribution in [0.25, 0.3) is 0 Å². The third-order valence-corrected chi connectivity index (χ3v) is 2.92. The molecule has 21 heavy (non-hydrogen) atoms. The molecule has 0 amide bonds. The van der Waals surface area contributed by atoms with Crippen LogP contribution in [0.5, 0.6) is 23.0 Å². The molecule has 0 heterocycles. The molecule has 1 aromatic rings. The van der Waals surface area contributed by atoms with E-state index in [1.54, 1.807) is 40.6 Å². The Labute approximate surface area is 126 Å². The number of rotatable bonds is 10. The van der Waals surface area contributed by atoms with Gasteiger partial charge in [0.25, 0.3) is 0 Å². The van der Waals surface area contributed by atoms with Crippen molar-refractivity contribution in [3.05, 3.63) is 12.1 Å². The van der Waals surface area contributed by atoms with Gasteiger partial charge in [-0.2, -0.15) is 0 Å². The Hall–Kier alpha value is -1.66. The lowest BCUT2D eigenvalue weighted by Crippen LogP contribution is -2.33. The smallest absolute Gasteiger partial charge is 0.203 e. The Morgan fingerprint density at radius 1 is 1.00 bits per heavy atom. The van der Waals surface area contributed by atoms with Crippen molar-refractivity contribution in [3.8, 4) is 23.0 Å². The van der Waals surface area contributed by atoms with Crippen LogP contribution in [-0.2, 0) is 4.74 Å². The van der Waals surface area contributed by atoms with Gasteiger partial charge in [0.1, 0.15) is 12.4 Å². The van der Waals surface area contributed by atoms with Crippen molar-refractivity contribution < 1.29 is 23.7 Å². The molecule has 1 aromatic carbocycles. The molecule has 0 aromatic heterocycles. The summed E-state index contributed by atoms with van der Waals surface area (Å²) in [5.41, 5.74) is 0. The zero-order valence-electron chi connectivity index (χ0n) is 13.4. The summed E-state index contributed by atoms with van der Waals surface area (Å²) in [5, 5.41) is 3.30. The van der Waals surface area contributed by atoms with Crippen molar-refractivity contribution in [2.45, 2.75) is 13.0 Å². The molecule has 0 spiro atoms. The van der Waals surface area contributed by atoms with Gasteiger partial charge in [-0.05, 0) is 6.92 Å². The van der Waals surface area contributed by atoms with E-state index >= 15 is 0 Å². The third kappa shape index (κ3) is 5.32. The minimum absolute atomic E-state index is 0.290. The SMILES string of the molecule is COCC(C)NCCOc1cc(OC)c(OC)c(OC)c1. The second-order valence-electron chi connectivity index (χ2n) is 4.52. The third-order valence-electron chi connectivity index (χ3n) is 2.92. The van der Waals surface area contributed by atoms with Gasteiger partial charge in [0.15, 0.2) is 11.5 Å². The van der Waals surface area contributed by atoms with Crippen molar-refractivity contribution in [2.24, 2.45) is 0 Å². The summed E-state index contributed by atoms with van der Waals surface area (Å²) in [6.07, 6.45) is 0.